The smallest absolute Gasteiger partial charge is 0.158 e. The minimum Gasteiger partial charge on any atom is -0.291 e. The molecule has 3 aromatic carbocycles. The highest BCUT2D eigenvalue weighted by Crippen LogP contribution is 2.49. The minimum absolute atomic E-state index is 0.00991. The molecule has 0 fully saturated rings. The molecule has 0 aliphatic carbocycles. The van der Waals surface area contributed by atoms with Crippen LogP contribution in [-0.4, -0.2) is 24.6 Å². The Morgan fingerprint density at radius 1 is 0.721 bits per heavy atom. The summed E-state index contributed by atoms with van der Waals surface area (Å²) in [6, 6.07) is 27.8. The molecule has 3 atom stereocenters. The molecule has 0 saturated carbocycles. The average Bonchev–Trinajstić information content (AvgIpc) is 3.24. The largest absolute Gasteiger partial charge is 0.291 e. The Labute approximate surface area is 261 Å². The second-order valence-electron chi connectivity index (χ2n) is 15.2. The second-order valence-corrected chi connectivity index (χ2v) is 17.3. The van der Waals surface area contributed by atoms with Crippen LogP contribution in [0.5, 0.6) is 0 Å². The molecule has 0 N–H and O–H groups in total. The highest BCUT2D eigenvalue weighted by molar-refractivity contribution is 7.90. The molecule has 43 heavy (non-hydrogen) atoms. The van der Waals surface area contributed by atoms with E-state index in [-0.39, 0.29) is 34.4 Å². The number of hydrogen-bond donors (Lipinski definition) is 0. The predicted octanol–water partition coefficient (Wildman–Crippen LogP) is 9.63. The van der Waals surface area contributed by atoms with Crippen LogP contribution in [0, 0.1) is 11.3 Å². The summed E-state index contributed by atoms with van der Waals surface area (Å²) in [5, 5.41) is 2.23. The first-order valence-corrected chi connectivity index (χ1v) is 17.6. The third-order valence-corrected chi connectivity index (χ3v) is 10.9. The van der Waals surface area contributed by atoms with Gasteiger partial charge in [0.25, 0.3) is 0 Å². The highest BCUT2D eigenvalue weighted by atomic mass is 32.2. The van der Waals surface area contributed by atoms with Gasteiger partial charge in [-0.05, 0) is 86.1 Å². The number of benzene rings is 3. The maximum Gasteiger partial charge on any atom is 0.158 e. The zero-order valence-electron chi connectivity index (χ0n) is 28.0. The third kappa shape index (κ3) is 7.79. The molecule has 0 aromatic heterocycles. The van der Waals surface area contributed by atoms with Gasteiger partial charge in [0.2, 0.25) is 0 Å². The fourth-order valence-corrected chi connectivity index (χ4v) is 8.29. The summed E-state index contributed by atoms with van der Waals surface area (Å²) >= 11 is 0. The van der Waals surface area contributed by atoms with Gasteiger partial charge in [0.15, 0.2) is 9.84 Å². The van der Waals surface area contributed by atoms with E-state index in [1.165, 1.54) is 11.1 Å². The van der Waals surface area contributed by atoms with Crippen LogP contribution in [0.2, 0.25) is 0 Å². The first-order valence-electron chi connectivity index (χ1n) is 15.8. The molecule has 3 unspecified atom stereocenters. The quantitative estimate of drug-likeness (QED) is 0.205. The molecular formula is C38H53NO3S. The van der Waals surface area contributed by atoms with E-state index in [1.807, 2.05) is 6.07 Å². The van der Waals surface area contributed by atoms with Gasteiger partial charge in [-0.1, -0.05) is 113 Å². The Morgan fingerprint density at radius 2 is 1.26 bits per heavy atom. The van der Waals surface area contributed by atoms with Crippen molar-refractivity contribution in [2.24, 2.45) is 11.3 Å². The summed E-state index contributed by atoms with van der Waals surface area (Å²) in [6.45, 7) is 22.6. The Kier molecular flexibility index (Phi) is 9.71. The van der Waals surface area contributed by atoms with Crippen LogP contribution in [-0.2, 0) is 26.2 Å². The van der Waals surface area contributed by atoms with Gasteiger partial charge in [0.1, 0.15) is 0 Å². The maximum atomic E-state index is 12.5. The zero-order chi connectivity index (χ0) is 31.8. The molecule has 0 radical (unpaired) electrons. The van der Waals surface area contributed by atoms with Crippen molar-refractivity contribution in [3.05, 3.63) is 107 Å². The molecular weight excluding hydrogens is 550 g/mol. The Bertz CT molecular complexity index is 1470. The lowest BCUT2D eigenvalue weighted by Gasteiger charge is -2.49. The monoisotopic (exact) mass is 603 g/mol. The second kappa shape index (κ2) is 12.5. The van der Waals surface area contributed by atoms with Crippen LogP contribution in [0.3, 0.4) is 0 Å². The summed E-state index contributed by atoms with van der Waals surface area (Å²) < 4.78 is 25.1. The zero-order valence-corrected chi connectivity index (χ0v) is 28.8. The van der Waals surface area contributed by atoms with E-state index in [1.54, 1.807) is 0 Å². The third-order valence-electron chi connectivity index (χ3n) is 9.44. The van der Waals surface area contributed by atoms with E-state index in [2.05, 4.69) is 147 Å². The van der Waals surface area contributed by atoms with Crippen LogP contribution in [0.15, 0.2) is 78.9 Å². The van der Waals surface area contributed by atoms with Gasteiger partial charge in [0, 0.05) is 11.5 Å². The van der Waals surface area contributed by atoms with E-state index in [0.717, 1.165) is 23.1 Å². The molecule has 0 spiro atoms. The van der Waals surface area contributed by atoms with Crippen LogP contribution in [0.4, 0.5) is 0 Å². The number of rotatable bonds is 11. The van der Waals surface area contributed by atoms with Gasteiger partial charge < -0.3 is 0 Å². The molecule has 0 saturated heterocycles. The van der Waals surface area contributed by atoms with Crippen LogP contribution in [0.1, 0.15) is 121 Å². The molecule has 4 rings (SSSR count). The van der Waals surface area contributed by atoms with Crippen molar-refractivity contribution in [2.75, 3.05) is 0 Å². The van der Waals surface area contributed by atoms with Crippen LogP contribution in [0.25, 0.3) is 0 Å². The Hall–Kier alpha value is -2.47. The van der Waals surface area contributed by atoms with Gasteiger partial charge in [-0.15, -0.1) is 0 Å². The number of hydroxylamine groups is 2. The normalized spacial score (nSPS) is 17.6. The number of hydrogen-bond acceptors (Lipinski definition) is 4. The standard InChI is InChI=1S/C38H53NO3S/c1-27(2)35(30-19-15-12-16-20-30)39(36(4,5)6)42-38(9,10)34(24-37(7,8)28(3)29-17-13-11-14-18-29)31-21-22-32-25-43(40,41)26-33(32)23-31/h11-23,27-28,34-35H,24-26H2,1-10H3. The van der Waals surface area contributed by atoms with E-state index in [0.29, 0.717) is 11.8 Å². The Balaban J connectivity index is 1.79. The van der Waals surface area contributed by atoms with Crippen LogP contribution >= 0.6 is 0 Å². The number of sulfone groups is 1. The van der Waals surface area contributed by atoms with Crippen molar-refractivity contribution in [3.63, 3.8) is 0 Å². The first kappa shape index (κ1) is 33.4. The summed E-state index contributed by atoms with van der Waals surface area (Å²) in [7, 11) is -3.10. The Morgan fingerprint density at radius 3 is 1.79 bits per heavy atom. The van der Waals surface area contributed by atoms with Gasteiger partial charge >= 0.3 is 0 Å². The lowest BCUT2D eigenvalue weighted by atomic mass is 9.66. The molecule has 0 amide bonds. The maximum absolute atomic E-state index is 12.5. The number of fused-ring (bicyclic) bond motifs is 1. The lowest BCUT2D eigenvalue weighted by Crippen LogP contribution is -2.51. The van der Waals surface area contributed by atoms with Crippen molar-refractivity contribution in [2.45, 2.75) is 116 Å². The topological polar surface area (TPSA) is 46.6 Å². The SMILES string of the molecule is CC(C)C(c1ccccc1)N(OC(C)(C)C(CC(C)(C)C(C)c1ccccc1)c1ccc2c(c1)CS(=O)(=O)C2)C(C)(C)C. The van der Waals surface area contributed by atoms with Crippen LogP contribution < -0.4 is 0 Å². The van der Waals surface area contributed by atoms with Crippen molar-refractivity contribution < 1.29 is 13.3 Å². The van der Waals surface area contributed by atoms with Crippen molar-refractivity contribution in [3.8, 4) is 0 Å². The highest BCUT2D eigenvalue weighted by Gasteiger charge is 2.44. The molecule has 0 bridgehead atoms. The minimum atomic E-state index is -3.10. The molecule has 1 aliphatic heterocycles. The van der Waals surface area contributed by atoms with E-state index >= 15 is 0 Å². The van der Waals surface area contributed by atoms with Gasteiger partial charge in [-0.25, -0.2) is 8.42 Å². The summed E-state index contributed by atoms with van der Waals surface area (Å²) in [6.07, 6.45) is 0.872. The summed E-state index contributed by atoms with van der Waals surface area (Å²) in [5.41, 5.74) is 4.62. The fraction of sp³-hybridized carbons (Fsp3) is 0.526. The molecule has 1 heterocycles. The number of nitrogens with zero attached hydrogens (tertiary/aromatic N) is 1. The van der Waals surface area contributed by atoms with Gasteiger partial charge in [-0.3, -0.25) is 4.84 Å². The van der Waals surface area contributed by atoms with E-state index in [9.17, 15) is 8.42 Å². The average molecular weight is 604 g/mol. The summed E-state index contributed by atoms with van der Waals surface area (Å²) in [4.78, 5) is 7.30. The van der Waals surface area contributed by atoms with Gasteiger partial charge in [0.05, 0.1) is 23.1 Å². The van der Waals surface area contributed by atoms with E-state index < -0.39 is 15.4 Å². The summed E-state index contributed by atoms with van der Waals surface area (Å²) in [5.74, 6) is 0.889. The molecule has 234 valence electrons. The predicted molar refractivity (Wildman–Crippen MR) is 180 cm³/mol. The van der Waals surface area contributed by atoms with Crippen molar-refractivity contribution in [1.82, 2.24) is 5.06 Å². The molecule has 1 aliphatic rings. The molecule has 4 nitrogen and oxygen atoms in total. The molecule has 3 aromatic rings. The van der Waals surface area contributed by atoms with Crippen molar-refractivity contribution in [1.29, 1.82) is 0 Å². The van der Waals surface area contributed by atoms with Crippen molar-refractivity contribution >= 4 is 9.84 Å². The van der Waals surface area contributed by atoms with Gasteiger partial charge in [-0.2, -0.15) is 5.06 Å². The lowest BCUT2D eigenvalue weighted by molar-refractivity contribution is -0.308. The molecule has 5 heteroatoms. The first-order chi connectivity index (χ1) is 19.9. The fourth-order valence-electron chi connectivity index (χ4n) is 6.69. The van der Waals surface area contributed by atoms with E-state index in [4.69, 9.17) is 4.84 Å².